The van der Waals surface area contributed by atoms with Crippen LogP contribution in [-0.4, -0.2) is 34.0 Å². The van der Waals surface area contributed by atoms with Crippen LogP contribution in [0.5, 0.6) is 0 Å². The van der Waals surface area contributed by atoms with E-state index in [0.717, 1.165) is 12.8 Å². The van der Waals surface area contributed by atoms with Crippen LogP contribution in [0.25, 0.3) is 0 Å². The molecule has 0 fully saturated rings. The third-order valence-corrected chi connectivity index (χ3v) is 4.22. The summed E-state index contributed by atoms with van der Waals surface area (Å²) in [6.45, 7) is 4.62. The first-order valence-electron chi connectivity index (χ1n) is 7.26. The molecule has 0 aliphatic rings. The first-order valence-corrected chi connectivity index (χ1v) is 8.59. The van der Waals surface area contributed by atoms with Gasteiger partial charge in [0.05, 0.1) is 0 Å². The standard InChI is InChI=1S/C12H30N4O4S/c1-9(5-3-7-13)11(15)19-21(17,18)20-12(16)10(2)6-4-8-14/h9-12H,3-8,13-16H2,1-2H3. The van der Waals surface area contributed by atoms with E-state index in [4.69, 9.17) is 31.3 Å². The zero-order valence-electron chi connectivity index (χ0n) is 12.9. The summed E-state index contributed by atoms with van der Waals surface area (Å²) in [7, 11) is -4.23. The summed E-state index contributed by atoms with van der Waals surface area (Å²) in [5, 5.41) is 0. The van der Waals surface area contributed by atoms with E-state index in [0.29, 0.717) is 25.9 Å². The molecule has 0 bridgehead atoms. The summed E-state index contributed by atoms with van der Waals surface area (Å²) >= 11 is 0. The van der Waals surface area contributed by atoms with E-state index in [2.05, 4.69) is 0 Å². The Morgan fingerprint density at radius 3 is 1.48 bits per heavy atom. The lowest BCUT2D eigenvalue weighted by Gasteiger charge is -2.22. The third-order valence-electron chi connectivity index (χ3n) is 3.31. The van der Waals surface area contributed by atoms with Gasteiger partial charge in [0.25, 0.3) is 0 Å². The van der Waals surface area contributed by atoms with Crippen molar-refractivity contribution in [3.8, 4) is 0 Å². The number of rotatable bonds is 12. The summed E-state index contributed by atoms with van der Waals surface area (Å²) < 4.78 is 33.1. The molecule has 128 valence electrons. The van der Waals surface area contributed by atoms with Crippen LogP contribution in [-0.2, 0) is 18.8 Å². The summed E-state index contributed by atoms with van der Waals surface area (Å²) in [5.41, 5.74) is 22.2. The summed E-state index contributed by atoms with van der Waals surface area (Å²) in [6, 6.07) is 0. The Morgan fingerprint density at radius 2 is 1.19 bits per heavy atom. The average Bonchev–Trinajstić information content (AvgIpc) is 2.40. The van der Waals surface area contributed by atoms with Crippen LogP contribution in [0.3, 0.4) is 0 Å². The van der Waals surface area contributed by atoms with Crippen LogP contribution in [0.4, 0.5) is 0 Å². The van der Waals surface area contributed by atoms with E-state index in [1.54, 1.807) is 13.8 Å². The SMILES string of the molecule is CC(CCCN)C(N)OS(=O)(=O)OC(N)C(C)CCCN. The Bertz CT molecular complexity index is 338. The van der Waals surface area contributed by atoms with Crippen molar-refractivity contribution in [1.82, 2.24) is 0 Å². The first kappa shape index (κ1) is 20.7. The van der Waals surface area contributed by atoms with E-state index in [1.165, 1.54) is 0 Å². The monoisotopic (exact) mass is 326 g/mol. The molecule has 0 aliphatic heterocycles. The molecule has 0 saturated heterocycles. The van der Waals surface area contributed by atoms with Gasteiger partial charge in [0.2, 0.25) is 0 Å². The lowest BCUT2D eigenvalue weighted by molar-refractivity contribution is 0.0773. The van der Waals surface area contributed by atoms with E-state index in [9.17, 15) is 8.42 Å². The molecule has 0 saturated carbocycles. The molecule has 21 heavy (non-hydrogen) atoms. The normalized spacial score (nSPS) is 18.2. The van der Waals surface area contributed by atoms with Crippen molar-refractivity contribution < 1.29 is 16.8 Å². The molecule has 0 spiro atoms. The lowest BCUT2D eigenvalue weighted by Crippen LogP contribution is -2.39. The van der Waals surface area contributed by atoms with Crippen molar-refractivity contribution in [2.45, 2.75) is 52.0 Å². The number of nitrogens with two attached hydrogens (primary N) is 4. The van der Waals surface area contributed by atoms with Gasteiger partial charge < -0.3 is 22.9 Å². The molecule has 8 nitrogen and oxygen atoms in total. The number of hydrogen-bond donors (Lipinski definition) is 4. The maximum Gasteiger partial charge on any atom is 0.402 e. The predicted molar refractivity (Wildman–Crippen MR) is 81.9 cm³/mol. The van der Waals surface area contributed by atoms with Gasteiger partial charge >= 0.3 is 10.4 Å². The van der Waals surface area contributed by atoms with Crippen molar-refractivity contribution in [2.24, 2.45) is 34.8 Å². The summed E-state index contributed by atoms with van der Waals surface area (Å²) in [5.74, 6) is -0.310. The van der Waals surface area contributed by atoms with Gasteiger partial charge in [-0.2, -0.15) is 8.42 Å². The van der Waals surface area contributed by atoms with Crippen molar-refractivity contribution in [3.63, 3.8) is 0 Å². The van der Waals surface area contributed by atoms with Crippen molar-refractivity contribution in [1.29, 1.82) is 0 Å². The smallest absolute Gasteiger partial charge is 0.330 e. The molecule has 0 aliphatic carbocycles. The molecule has 0 radical (unpaired) electrons. The molecular formula is C12H30N4O4S. The van der Waals surface area contributed by atoms with Gasteiger partial charge in [-0.1, -0.05) is 13.8 Å². The second-order valence-electron chi connectivity index (χ2n) is 5.35. The van der Waals surface area contributed by atoms with Crippen molar-refractivity contribution in [2.75, 3.05) is 13.1 Å². The molecule has 9 heteroatoms. The summed E-state index contributed by atoms with van der Waals surface area (Å²) in [6.07, 6.45) is 0.878. The maximum absolute atomic E-state index is 11.8. The van der Waals surface area contributed by atoms with Crippen molar-refractivity contribution >= 4 is 10.4 Å². The largest absolute Gasteiger partial charge is 0.402 e. The third kappa shape index (κ3) is 9.35. The predicted octanol–water partition coefficient (Wildman–Crippen LogP) is -0.416. The molecule has 0 aromatic rings. The minimum Gasteiger partial charge on any atom is -0.330 e. The second-order valence-corrected chi connectivity index (χ2v) is 6.55. The van der Waals surface area contributed by atoms with Crippen molar-refractivity contribution in [3.05, 3.63) is 0 Å². The molecule has 0 heterocycles. The molecule has 4 unspecified atom stereocenters. The molecule has 0 rings (SSSR count). The Morgan fingerprint density at radius 1 is 0.857 bits per heavy atom. The molecule has 0 aromatic heterocycles. The Kier molecular flexibility index (Phi) is 10.3. The van der Waals surface area contributed by atoms with E-state index in [1.807, 2.05) is 0 Å². The fourth-order valence-corrected chi connectivity index (χ4v) is 2.66. The summed E-state index contributed by atoms with van der Waals surface area (Å²) in [4.78, 5) is 0. The van der Waals surface area contributed by atoms with Crippen LogP contribution in [0.1, 0.15) is 39.5 Å². The van der Waals surface area contributed by atoms with E-state index in [-0.39, 0.29) is 11.8 Å². The Hall–Kier alpha value is -0.290. The van der Waals surface area contributed by atoms with Crippen LogP contribution in [0.2, 0.25) is 0 Å². The second kappa shape index (κ2) is 10.4. The molecular weight excluding hydrogens is 296 g/mol. The minimum atomic E-state index is -4.23. The van der Waals surface area contributed by atoms with Crippen LogP contribution < -0.4 is 22.9 Å². The molecule has 8 N–H and O–H groups in total. The van der Waals surface area contributed by atoms with Crippen LogP contribution in [0, 0.1) is 11.8 Å². The maximum atomic E-state index is 11.8. The Balaban J connectivity index is 4.35. The van der Waals surface area contributed by atoms with Gasteiger partial charge in [-0.05, 0) is 50.6 Å². The highest BCUT2D eigenvalue weighted by Crippen LogP contribution is 2.16. The first-order chi connectivity index (χ1) is 9.73. The highest BCUT2D eigenvalue weighted by molar-refractivity contribution is 7.81. The highest BCUT2D eigenvalue weighted by atomic mass is 32.3. The van der Waals surface area contributed by atoms with Gasteiger partial charge in [0.1, 0.15) is 12.5 Å². The van der Waals surface area contributed by atoms with Crippen LogP contribution >= 0.6 is 0 Å². The van der Waals surface area contributed by atoms with E-state index >= 15 is 0 Å². The van der Waals surface area contributed by atoms with Crippen LogP contribution in [0.15, 0.2) is 0 Å². The minimum absolute atomic E-state index is 0.155. The average molecular weight is 326 g/mol. The van der Waals surface area contributed by atoms with E-state index < -0.39 is 22.9 Å². The molecule has 0 amide bonds. The zero-order valence-corrected chi connectivity index (χ0v) is 13.7. The fourth-order valence-electron chi connectivity index (χ4n) is 1.69. The Labute approximate surface area is 127 Å². The van der Waals surface area contributed by atoms with Gasteiger partial charge in [-0.3, -0.25) is 0 Å². The fraction of sp³-hybridized carbons (Fsp3) is 1.00. The topological polar surface area (TPSA) is 157 Å². The lowest BCUT2D eigenvalue weighted by atomic mass is 10.0. The zero-order chi connectivity index (χ0) is 16.5. The molecule has 4 atom stereocenters. The highest BCUT2D eigenvalue weighted by Gasteiger charge is 2.26. The quantitative estimate of drug-likeness (QED) is 0.352. The number of hydrogen-bond acceptors (Lipinski definition) is 8. The molecule has 0 aromatic carbocycles. The van der Waals surface area contributed by atoms with Gasteiger partial charge in [0.15, 0.2) is 0 Å². The van der Waals surface area contributed by atoms with Gasteiger partial charge in [-0.25, -0.2) is 8.37 Å². The van der Waals surface area contributed by atoms with Gasteiger partial charge in [-0.15, -0.1) is 0 Å². The van der Waals surface area contributed by atoms with Gasteiger partial charge in [0, 0.05) is 0 Å².